The Kier molecular flexibility index (Phi) is 3.95. The lowest BCUT2D eigenvalue weighted by molar-refractivity contribution is -0.151. The van der Waals surface area contributed by atoms with E-state index in [0.717, 1.165) is 5.92 Å². The highest BCUT2D eigenvalue weighted by Crippen LogP contribution is 2.51. The number of hydrogen-bond donors (Lipinski definition) is 0. The summed E-state index contributed by atoms with van der Waals surface area (Å²) in [7, 11) is 1.97. The third kappa shape index (κ3) is 2.66. The molecule has 0 N–H and O–H groups in total. The van der Waals surface area contributed by atoms with Crippen LogP contribution in [-0.2, 0) is 4.79 Å². The van der Waals surface area contributed by atoms with Crippen LogP contribution >= 0.6 is 0 Å². The zero-order valence-electron chi connectivity index (χ0n) is 12.6. The number of rotatable bonds is 3. The van der Waals surface area contributed by atoms with Crippen LogP contribution in [0.3, 0.4) is 0 Å². The molecular formula is C15H29NO. The zero-order valence-corrected chi connectivity index (χ0v) is 12.6. The quantitative estimate of drug-likeness (QED) is 0.735. The van der Waals surface area contributed by atoms with E-state index in [4.69, 9.17) is 0 Å². The average molecular weight is 239 g/mol. The Morgan fingerprint density at radius 1 is 1.35 bits per heavy atom. The van der Waals surface area contributed by atoms with Crippen molar-refractivity contribution in [3.8, 4) is 0 Å². The molecule has 0 aliphatic heterocycles. The fourth-order valence-corrected chi connectivity index (χ4v) is 3.15. The summed E-state index contributed by atoms with van der Waals surface area (Å²) in [5.74, 6) is 1.05. The van der Waals surface area contributed by atoms with E-state index in [2.05, 4.69) is 20.8 Å². The number of carbonyl (C=O) groups excluding carboxylic acids is 1. The van der Waals surface area contributed by atoms with Crippen LogP contribution in [0.5, 0.6) is 0 Å². The smallest absolute Gasteiger partial charge is 0.227 e. The molecule has 0 aromatic heterocycles. The van der Waals surface area contributed by atoms with E-state index < -0.39 is 0 Å². The van der Waals surface area contributed by atoms with E-state index in [0.29, 0.717) is 6.04 Å². The van der Waals surface area contributed by atoms with Gasteiger partial charge in [0.1, 0.15) is 0 Å². The summed E-state index contributed by atoms with van der Waals surface area (Å²) in [5, 5.41) is 0. The van der Waals surface area contributed by atoms with Gasteiger partial charge in [-0.25, -0.2) is 0 Å². The Hall–Kier alpha value is -0.530. The topological polar surface area (TPSA) is 20.3 Å². The summed E-state index contributed by atoms with van der Waals surface area (Å²) in [6.07, 6.45) is 3.72. The maximum absolute atomic E-state index is 12.3. The monoisotopic (exact) mass is 239 g/mol. The van der Waals surface area contributed by atoms with Crippen LogP contribution in [0.15, 0.2) is 0 Å². The van der Waals surface area contributed by atoms with E-state index in [1.165, 1.54) is 19.3 Å². The molecule has 0 saturated heterocycles. The first-order valence-electron chi connectivity index (χ1n) is 6.89. The van der Waals surface area contributed by atoms with Crippen molar-refractivity contribution in [2.45, 2.75) is 66.8 Å². The lowest BCUT2D eigenvalue weighted by Gasteiger charge is -2.56. The molecule has 100 valence electrons. The molecule has 0 aromatic carbocycles. The Bertz CT molecular complexity index is 288. The molecule has 0 radical (unpaired) electrons. The van der Waals surface area contributed by atoms with E-state index in [9.17, 15) is 4.79 Å². The van der Waals surface area contributed by atoms with Crippen molar-refractivity contribution in [1.29, 1.82) is 0 Å². The number of amides is 1. The summed E-state index contributed by atoms with van der Waals surface area (Å²) < 4.78 is 0. The summed E-state index contributed by atoms with van der Waals surface area (Å²) in [6.45, 7) is 12.9. The first-order valence-corrected chi connectivity index (χ1v) is 6.89. The van der Waals surface area contributed by atoms with Crippen molar-refractivity contribution >= 4 is 5.91 Å². The minimum absolute atomic E-state index is 0.263. The lowest BCUT2D eigenvalue weighted by atomic mass is 9.56. The van der Waals surface area contributed by atoms with Gasteiger partial charge in [-0.1, -0.05) is 54.4 Å². The number of hydrogen-bond acceptors (Lipinski definition) is 1. The Morgan fingerprint density at radius 3 is 2.24 bits per heavy atom. The summed E-state index contributed by atoms with van der Waals surface area (Å²) in [6, 6.07) is 0.422. The van der Waals surface area contributed by atoms with Crippen LogP contribution in [0.1, 0.15) is 60.8 Å². The highest BCUT2D eigenvalue weighted by Gasteiger charge is 2.50. The fourth-order valence-electron chi connectivity index (χ4n) is 3.15. The molecule has 0 spiro atoms. The minimum Gasteiger partial charge on any atom is -0.342 e. The predicted octanol–water partition coefficient (Wildman–Crippen LogP) is 3.71. The van der Waals surface area contributed by atoms with Crippen molar-refractivity contribution in [3.05, 3.63) is 0 Å². The average Bonchev–Trinajstić information content (AvgIpc) is 2.20. The second kappa shape index (κ2) is 4.62. The minimum atomic E-state index is -0.263. The Labute approximate surface area is 107 Å². The van der Waals surface area contributed by atoms with Crippen LogP contribution in [-0.4, -0.2) is 23.9 Å². The molecule has 0 bridgehead atoms. The summed E-state index contributed by atoms with van der Waals surface area (Å²) >= 11 is 0. The predicted molar refractivity (Wildman–Crippen MR) is 72.8 cm³/mol. The SMILES string of the molecule is CCCC1CC(N(C)C(=O)C(C)(C)C)C1(C)C. The van der Waals surface area contributed by atoms with Gasteiger partial charge in [-0.2, -0.15) is 0 Å². The van der Waals surface area contributed by atoms with Gasteiger partial charge in [0, 0.05) is 18.5 Å². The molecule has 1 aliphatic rings. The number of nitrogens with zero attached hydrogens (tertiary/aromatic N) is 1. The molecule has 0 aromatic rings. The zero-order chi connectivity index (χ0) is 13.4. The van der Waals surface area contributed by atoms with Gasteiger partial charge >= 0.3 is 0 Å². The van der Waals surface area contributed by atoms with Crippen LogP contribution in [0.25, 0.3) is 0 Å². The van der Waals surface area contributed by atoms with Crippen LogP contribution in [0, 0.1) is 16.7 Å². The molecule has 2 unspecified atom stereocenters. The first-order chi connectivity index (χ1) is 7.62. The van der Waals surface area contributed by atoms with Gasteiger partial charge in [-0.3, -0.25) is 4.79 Å². The standard InChI is InChI=1S/C15H29NO/c1-8-9-11-10-12(15(11,5)6)16(7)13(17)14(2,3)4/h11-12H,8-10H2,1-7H3. The second-order valence-corrected chi connectivity index (χ2v) is 7.22. The molecule has 1 fully saturated rings. The highest BCUT2D eigenvalue weighted by atomic mass is 16.2. The van der Waals surface area contributed by atoms with Gasteiger partial charge in [-0.15, -0.1) is 0 Å². The van der Waals surface area contributed by atoms with Gasteiger partial charge in [0.05, 0.1) is 0 Å². The van der Waals surface area contributed by atoms with Gasteiger partial charge in [-0.05, 0) is 17.8 Å². The molecule has 1 rings (SSSR count). The lowest BCUT2D eigenvalue weighted by Crippen LogP contribution is -2.60. The van der Waals surface area contributed by atoms with Crippen molar-refractivity contribution in [2.75, 3.05) is 7.05 Å². The van der Waals surface area contributed by atoms with Crippen molar-refractivity contribution in [2.24, 2.45) is 16.7 Å². The molecule has 2 heteroatoms. The van der Waals surface area contributed by atoms with E-state index in [-0.39, 0.29) is 16.7 Å². The van der Waals surface area contributed by atoms with Gasteiger partial charge in [0.15, 0.2) is 0 Å². The Morgan fingerprint density at radius 2 is 1.88 bits per heavy atom. The van der Waals surface area contributed by atoms with E-state index in [1.54, 1.807) is 0 Å². The molecule has 2 atom stereocenters. The van der Waals surface area contributed by atoms with Gasteiger partial charge < -0.3 is 4.90 Å². The second-order valence-electron chi connectivity index (χ2n) is 7.22. The number of carbonyl (C=O) groups is 1. The maximum Gasteiger partial charge on any atom is 0.227 e. The highest BCUT2D eigenvalue weighted by molar-refractivity contribution is 5.81. The molecular weight excluding hydrogens is 210 g/mol. The van der Waals surface area contributed by atoms with Crippen LogP contribution in [0.4, 0.5) is 0 Å². The van der Waals surface area contributed by atoms with E-state index >= 15 is 0 Å². The first kappa shape index (κ1) is 14.5. The van der Waals surface area contributed by atoms with Crippen LogP contribution in [0.2, 0.25) is 0 Å². The fraction of sp³-hybridized carbons (Fsp3) is 0.933. The molecule has 1 amide bonds. The van der Waals surface area contributed by atoms with Crippen molar-refractivity contribution < 1.29 is 4.79 Å². The maximum atomic E-state index is 12.3. The van der Waals surface area contributed by atoms with Crippen molar-refractivity contribution in [1.82, 2.24) is 4.90 Å². The van der Waals surface area contributed by atoms with E-state index in [1.807, 2.05) is 32.7 Å². The van der Waals surface area contributed by atoms with Gasteiger partial charge in [0.2, 0.25) is 5.91 Å². The van der Waals surface area contributed by atoms with Crippen molar-refractivity contribution in [3.63, 3.8) is 0 Å². The normalized spacial score (nSPS) is 27.5. The Balaban J connectivity index is 2.68. The molecule has 0 heterocycles. The third-order valence-electron chi connectivity index (χ3n) is 4.49. The summed E-state index contributed by atoms with van der Waals surface area (Å²) in [4.78, 5) is 14.3. The largest absolute Gasteiger partial charge is 0.342 e. The van der Waals surface area contributed by atoms with Crippen LogP contribution < -0.4 is 0 Å². The molecule has 1 saturated carbocycles. The molecule has 17 heavy (non-hydrogen) atoms. The summed E-state index contributed by atoms with van der Waals surface area (Å²) in [5.41, 5.74) is 0.0202. The van der Waals surface area contributed by atoms with Gasteiger partial charge in [0.25, 0.3) is 0 Å². The molecule has 2 nitrogen and oxygen atoms in total. The molecule has 1 aliphatic carbocycles. The third-order valence-corrected chi connectivity index (χ3v) is 4.49.